The number of fused-ring (bicyclic) bond motifs is 1. The molecule has 10 heteroatoms. The van der Waals surface area contributed by atoms with Gasteiger partial charge in [-0.25, -0.2) is 14.4 Å². The van der Waals surface area contributed by atoms with Gasteiger partial charge in [0.2, 0.25) is 5.95 Å². The summed E-state index contributed by atoms with van der Waals surface area (Å²) in [4.78, 5) is 25.2. The second kappa shape index (κ2) is 12.0. The number of hydrogen-bond acceptors (Lipinski definition) is 8. The van der Waals surface area contributed by atoms with E-state index in [0.717, 1.165) is 18.7 Å². The number of nitrogens with zero attached hydrogens (tertiary/aromatic N) is 4. The van der Waals surface area contributed by atoms with Gasteiger partial charge in [0.1, 0.15) is 11.4 Å². The summed E-state index contributed by atoms with van der Waals surface area (Å²) in [6, 6.07) is 8.25. The number of aliphatic imine (C=N–C) groups is 1. The number of allylic oxidation sites excluding steroid dienone is 3. The average Bonchev–Trinajstić information content (AvgIpc) is 2.87. The summed E-state index contributed by atoms with van der Waals surface area (Å²) in [5.74, 6) is -1.05. The van der Waals surface area contributed by atoms with Gasteiger partial charge in [-0.15, -0.1) is 0 Å². The molecule has 0 radical (unpaired) electrons. The fraction of sp³-hybridized carbons (Fsp3) is 0.393. The maximum absolute atomic E-state index is 14.9. The van der Waals surface area contributed by atoms with Gasteiger partial charge < -0.3 is 21.3 Å². The molecule has 0 unspecified atom stereocenters. The van der Waals surface area contributed by atoms with Crippen molar-refractivity contribution >= 4 is 30.1 Å². The van der Waals surface area contributed by atoms with E-state index < -0.39 is 17.1 Å². The van der Waals surface area contributed by atoms with Crippen LogP contribution in [0.3, 0.4) is 0 Å². The number of amides is 1. The Labute approximate surface area is 223 Å². The van der Waals surface area contributed by atoms with Crippen LogP contribution in [-0.4, -0.2) is 35.7 Å². The first-order chi connectivity index (χ1) is 18.0. The average molecular weight is 519 g/mol. The number of carbonyl (C=O) groups is 1. The lowest BCUT2D eigenvalue weighted by Crippen LogP contribution is -2.42. The molecule has 0 bridgehead atoms. The molecule has 1 aliphatic rings. The van der Waals surface area contributed by atoms with E-state index in [-0.39, 0.29) is 28.7 Å². The van der Waals surface area contributed by atoms with Crippen molar-refractivity contribution in [1.82, 2.24) is 20.6 Å². The van der Waals surface area contributed by atoms with Crippen molar-refractivity contribution in [2.75, 3.05) is 23.7 Å². The predicted molar refractivity (Wildman–Crippen MR) is 149 cm³/mol. The Morgan fingerprint density at radius 2 is 2.16 bits per heavy atom. The summed E-state index contributed by atoms with van der Waals surface area (Å²) in [6.07, 6.45) is 5.39. The topological polar surface area (TPSA) is 127 Å². The van der Waals surface area contributed by atoms with Gasteiger partial charge in [-0.3, -0.25) is 4.79 Å². The fourth-order valence-corrected chi connectivity index (χ4v) is 4.05. The molecule has 4 N–H and O–H groups in total. The van der Waals surface area contributed by atoms with Crippen LogP contribution in [-0.2, 0) is 12.0 Å². The number of carbonyl (C=O) groups excluding carboxylic acids is 1. The molecule has 1 aliphatic heterocycles. The van der Waals surface area contributed by atoms with Crippen LogP contribution < -0.4 is 21.3 Å². The van der Waals surface area contributed by atoms with E-state index in [9.17, 15) is 9.18 Å². The van der Waals surface area contributed by atoms with Gasteiger partial charge in [-0.05, 0) is 90.1 Å². The van der Waals surface area contributed by atoms with E-state index in [1.54, 1.807) is 26.8 Å². The Kier molecular flexibility index (Phi) is 8.96. The van der Waals surface area contributed by atoms with Gasteiger partial charge in [0, 0.05) is 24.0 Å². The Balaban J connectivity index is 1.92. The van der Waals surface area contributed by atoms with E-state index in [0.29, 0.717) is 13.0 Å². The summed E-state index contributed by atoms with van der Waals surface area (Å²) >= 11 is 0. The summed E-state index contributed by atoms with van der Waals surface area (Å²) < 4.78 is 14.9. The lowest BCUT2D eigenvalue weighted by molar-refractivity contribution is 0.0956. The number of hydrogen-bond donors (Lipinski definition) is 4. The van der Waals surface area contributed by atoms with E-state index in [1.165, 1.54) is 23.4 Å². The van der Waals surface area contributed by atoms with Crippen LogP contribution in [0.15, 0.2) is 53.2 Å². The van der Waals surface area contributed by atoms with Crippen LogP contribution in [0.5, 0.6) is 0 Å². The van der Waals surface area contributed by atoms with Crippen molar-refractivity contribution < 1.29 is 9.18 Å². The van der Waals surface area contributed by atoms with Gasteiger partial charge in [-0.2, -0.15) is 10.2 Å². The Hall–Kier alpha value is -4.10. The highest BCUT2D eigenvalue weighted by molar-refractivity contribution is 5.98. The third-order valence-electron chi connectivity index (χ3n) is 6.18. The van der Waals surface area contributed by atoms with Crippen molar-refractivity contribution in [3.05, 3.63) is 64.9 Å². The first-order valence-electron chi connectivity index (χ1n) is 12.5. The van der Waals surface area contributed by atoms with Crippen LogP contribution in [0.1, 0.15) is 62.5 Å². The van der Waals surface area contributed by atoms with E-state index >= 15 is 0 Å². The molecule has 0 fully saturated rings. The predicted octanol–water partition coefficient (Wildman–Crippen LogP) is 5.10. The highest BCUT2D eigenvalue weighted by Crippen LogP contribution is 2.31. The molecular weight excluding hydrogens is 483 g/mol. The highest BCUT2D eigenvalue weighted by Gasteiger charge is 2.26. The number of rotatable bonds is 10. The molecule has 9 nitrogen and oxygen atoms in total. The Morgan fingerprint density at radius 3 is 2.84 bits per heavy atom. The molecule has 1 aromatic carbocycles. The number of anilines is 3. The molecule has 1 amide bonds. The van der Waals surface area contributed by atoms with Crippen LogP contribution in [0.25, 0.3) is 0 Å². The van der Waals surface area contributed by atoms with Gasteiger partial charge in [-0.1, -0.05) is 12.1 Å². The maximum Gasteiger partial charge on any atom is 0.256 e. The van der Waals surface area contributed by atoms with Crippen LogP contribution >= 0.6 is 0 Å². The molecule has 2 heterocycles. The number of benzene rings is 1. The minimum atomic E-state index is -0.713. The summed E-state index contributed by atoms with van der Waals surface area (Å²) in [5, 5.41) is 21.3. The Bertz CT molecular complexity index is 1310. The smallest absolute Gasteiger partial charge is 0.256 e. The van der Waals surface area contributed by atoms with Crippen molar-refractivity contribution in [2.45, 2.75) is 53.0 Å². The first kappa shape index (κ1) is 28.5. The third-order valence-corrected chi connectivity index (χ3v) is 6.18. The van der Waals surface area contributed by atoms with Crippen molar-refractivity contribution in [3.63, 3.8) is 0 Å². The molecule has 3 rings (SSSR count). The lowest BCUT2D eigenvalue weighted by Gasteiger charge is -2.34. The first-order valence-corrected chi connectivity index (χ1v) is 12.5. The maximum atomic E-state index is 14.9. The second-order valence-electron chi connectivity index (χ2n) is 10.2. The quantitative estimate of drug-likeness (QED) is 0.255. The van der Waals surface area contributed by atoms with Gasteiger partial charge >= 0.3 is 0 Å². The summed E-state index contributed by atoms with van der Waals surface area (Å²) in [6.45, 7) is 14.3. The zero-order chi connectivity index (χ0) is 27.9. The van der Waals surface area contributed by atoms with Crippen molar-refractivity contribution in [1.29, 1.82) is 5.26 Å². The number of halogens is 1. The monoisotopic (exact) mass is 518 g/mol. The van der Waals surface area contributed by atoms with E-state index in [4.69, 9.17) is 5.26 Å². The molecule has 0 saturated heterocycles. The van der Waals surface area contributed by atoms with Gasteiger partial charge in [0.15, 0.2) is 11.6 Å². The Morgan fingerprint density at radius 1 is 1.39 bits per heavy atom. The minimum Gasteiger partial charge on any atom is -0.352 e. The molecule has 0 atom stereocenters. The standard InChI is InChI=1S/C28H35FN8O/c1-7-32-25(38)20-16-33-26(35-19-10-11-21-18(15-19)12-14-34-28(21,4)5)37-23(20)36-24(31-6)22(29)9-8-13-27(2,3)17-30/h8-11,15-16,34H,6-7,12-14H2,1-5H3,(H,32,38)(H2,33,35,36,37)/b9-8-,24-22-. The molecule has 0 saturated carbocycles. The molecule has 200 valence electrons. The zero-order valence-corrected chi connectivity index (χ0v) is 22.6. The minimum absolute atomic E-state index is 0.0695. The molecule has 0 spiro atoms. The SMILES string of the molecule is C=N/C(Nc1nc(Nc2ccc3c(c2)CCNC3(C)C)ncc1C(=O)NCC)=C(F)\C=C/CC(C)(C)C#N. The second-order valence-corrected chi connectivity index (χ2v) is 10.2. The summed E-state index contributed by atoms with van der Waals surface area (Å²) in [7, 11) is 0. The highest BCUT2D eigenvalue weighted by atomic mass is 19.1. The fourth-order valence-electron chi connectivity index (χ4n) is 4.05. The lowest BCUT2D eigenvalue weighted by atomic mass is 9.85. The molecule has 1 aromatic heterocycles. The normalized spacial score (nSPS) is 15.2. The number of aromatic nitrogens is 2. The molecular formula is C28H35FN8O. The number of nitrogens with one attached hydrogen (secondary N) is 4. The van der Waals surface area contributed by atoms with Gasteiger partial charge in [0.05, 0.1) is 11.5 Å². The van der Waals surface area contributed by atoms with Gasteiger partial charge in [0.25, 0.3) is 5.91 Å². The molecule has 38 heavy (non-hydrogen) atoms. The van der Waals surface area contributed by atoms with Crippen molar-refractivity contribution in [2.24, 2.45) is 10.4 Å². The molecule has 0 aliphatic carbocycles. The van der Waals surface area contributed by atoms with Crippen LogP contribution in [0, 0.1) is 16.7 Å². The molecule has 2 aromatic rings. The third kappa shape index (κ3) is 7.01. The summed E-state index contributed by atoms with van der Waals surface area (Å²) in [5.41, 5.74) is 2.64. The van der Waals surface area contributed by atoms with Crippen LogP contribution in [0.2, 0.25) is 0 Å². The largest absolute Gasteiger partial charge is 0.352 e. The van der Waals surface area contributed by atoms with E-state index in [1.807, 2.05) is 6.07 Å². The zero-order valence-electron chi connectivity index (χ0n) is 22.6. The number of nitriles is 1. The van der Waals surface area contributed by atoms with Crippen LogP contribution in [0.4, 0.5) is 21.8 Å². The van der Waals surface area contributed by atoms with Crippen molar-refractivity contribution in [3.8, 4) is 6.07 Å². The van der Waals surface area contributed by atoms with E-state index in [2.05, 4.69) is 75.0 Å².